The summed E-state index contributed by atoms with van der Waals surface area (Å²) in [6.45, 7) is 8.44. The van der Waals surface area contributed by atoms with Gasteiger partial charge < -0.3 is 10.2 Å². The van der Waals surface area contributed by atoms with E-state index >= 15 is 0 Å². The van der Waals surface area contributed by atoms with Crippen LogP contribution in [0.15, 0.2) is 0 Å². The molecule has 0 aromatic carbocycles. The molecule has 0 aliphatic carbocycles. The highest BCUT2D eigenvalue weighted by Gasteiger charge is 2.20. The number of likely N-dealkylation sites (tertiary alicyclic amines) is 1. The third-order valence-corrected chi connectivity index (χ3v) is 4.56. The Kier molecular flexibility index (Phi) is 4.35. The Bertz CT molecular complexity index is 422. The smallest absolute Gasteiger partial charge is 0.219 e. The highest BCUT2D eigenvalue weighted by atomic mass is 32.1. The maximum absolute atomic E-state index is 11.2. The number of aromatic nitrogens is 1. The van der Waals surface area contributed by atoms with Gasteiger partial charge in [-0.25, -0.2) is 4.98 Å². The minimum absolute atomic E-state index is 0.197. The number of aryl methyl sites for hydroxylation is 2. The molecule has 2 rings (SSSR count). The Balaban J connectivity index is 1.79. The number of nitrogens with zero attached hydrogens (tertiary/aromatic N) is 2. The lowest BCUT2D eigenvalue weighted by atomic mass is 10.1. The number of piperidine rings is 1. The zero-order valence-electron chi connectivity index (χ0n) is 11.3. The summed E-state index contributed by atoms with van der Waals surface area (Å²) in [4.78, 5) is 18.9. The second-order valence-electron chi connectivity index (χ2n) is 4.90. The van der Waals surface area contributed by atoms with Gasteiger partial charge in [0.05, 0.1) is 10.7 Å². The molecule has 1 aromatic rings. The molecule has 0 saturated carbocycles. The molecule has 1 aliphatic rings. The zero-order valence-corrected chi connectivity index (χ0v) is 12.1. The van der Waals surface area contributed by atoms with E-state index < -0.39 is 0 Å². The van der Waals surface area contributed by atoms with Crippen LogP contribution in [0.3, 0.4) is 0 Å². The Morgan fingerprint density at radius 1 is 1.44 bits per heavy atom. The van der Waals surface area contributed by atoms with Gasteiger partial charge in [0.15, 0.2) is 0 Å². The van der Waals surface area contributed by atoms with Gasteiger partial charge in [0.2, 0.25) is 5.91 Å². The van der Waals surface area contributed by atoms with Gasteiger partial charge in [-0.15, -0.1) is 11.3 Å². The predicted molar refractivity (Wildman–Crippen MR) is 73.7 cm³/mol. The van der Waals surface area contributed by atoms with Crippen LogP contribution in [0.25, 0.3) is 0 Å². The molecule has 1 amide bonds. The van der Waals surface area contributed by atoms with Crippen molar-refractivity contribution in [1.82, 2.24) is 15.2 Å². The Labute approximate surface area is 112 Å². The van der Waals surface area contributed by atoms with Gasteiger partial charge in [0, 0.05) is 37.5 Å². The van der Waals surface area contributed by atoms with E-state index in [1.807, 2.05) is 11.8 Å². The van der Waals surface area contributed by atoms with Gasteiger partial charge >= 0.3 is 0 Å². The number of amides is 1. The second-order valence-corrected chi connectivity index (χ2v) is 6.19. The fourth-order valence-corrected chi connectivity index (χ4v) is 3.26. The number of nitrogens with one attached hydrogen (secondary N) is 1. The molecule has 1 aliphatic heterocycles. The van der Waals surface area contributed by atoms with Crippen molar-refractivity contribution in [3.8, 4) is 0 Å². The van der Waals surface area contributed by atoms with Crippen molar-refractivity contribution in [2.75, 3.05) is 13.1 Å². The van der Waals surface area contributed by atoms with Crippen LogP contribution in [0, 0.1) is 13.8 Å². The van der Waals surface area contributed by atoms with E-state index in [4.69, 9.17) is 0 Å². The number of thiazole rings is 1. The van der Waals surface area contributed by atoms with Crippen molar-refractivity contribution in [2.45, 2.75) is 46.2 Å². The maximum atomic E-state index is 11.2. The van der Waals surface area contributed by atoms with Crippen LogP contribution >= 0.6 is 11.3 Å². The maximum Gasteiger partial charge on any atom is 0.219 e. The van der Waals surface area contributed by atoms with E-state index in [1.165, 1.54) is 4.88 Å². The van der Waals surface area contributed by atoms with Crippen LogP contribution in [-0.4, -0.2) is 34.9 Å². The molecule has 4 nitrogen and oxygen atoms in total. The molecular formula is C13H21N3OS. The Hall–Kier alpha value is -0.940. The fourth-order valence-electron chi connectivity index (χ4n) is 2.37. The van der Waals surface area contributed by atoms with Crippen LogP contribution < -0.4 is 5.32 Å². The van der Waals surface area contributed by atoms with Gasteiger partial charge in [-0.1, -0.05) is 0 Å². The van der Waals surface area contributed by atoms with Crippen molar-refractivity contribution in [3.05, 3.63) is 15.6 Å². The molecule has 1 fully saturated rings. The van der Waals surface area contributed by atoms with Crippen LogP contribution in [0.4, 0.5) is 0 Å². The first-order chi connectivity index (χ1) is 8.56. The second kappa shape index (κ2) is 5.80. The minimum Gasteiger partial charge on any atom is -0.343 e. The van der Waals surface area contributed by atoms with E-state index in [2.05, 4.69) is 17.2 Å². The van der Waals surface area contributed by atoms with E-state index in [9.17, 15) is 4.79 Å². The van der Waals surface area contributed by atoms with E-state index in [0.29, 0.717) is 6.04 Å². The normalized spacial score (nSPS) is 17.2. The summed E-state index contributed by atoms with van der Waals surface area (Å²) in [5, 5.41) is 4.72. The highest BCUT2D eigenvalue weighted by Crippen LogP contribution is 2.18. The van der Waals surface area contributed by atoms with Gasteiger partial charge in [-0.3, -0.25) is 4.79 Å². The summed E-state index contributed by atoms with van der Waals surface area (Å²) in [5.41, 5.74) is 1.14. The van der Waals surface area contributed by atoms with Gasteiger partial charge in [0.25, 0.3) is 0 Å². The van der Waals surface area contributed by atoms with Crippen LogP contribution in [0.2, 0.25) is 0 Å². The van der Waals surface area contributed by atoms with Crippen LogP contribution in [0.5, 0.6) is 0 Å². The lowest BCUT2D eigenvalue weighted by molar-refractivity contribution is -0.129. The molecule has 0 bridgehead atoms. The first-order valence-electron chi connectivity index (χ1n) is 6.48. The predicted octanol–water partition coefficient (Wildman–Crippen LogP) is 1.86. The first-order valence-corrected chi connectivity index (χ1v) is 7.29. The summed E-state index contributed by atoms with van der Waals surface area (Å²) in [5.74, 6) is 0.197. The molecule has 5 heteroatoms. The largest absolute Gasteiger partial charge is 0.343 e. The topological polar surface area (TPSA) is 45.2 Å². The molecular weight excluding hydrogens is 246 g/mol. The highest BCUT2D eigenvalue weighted by molar-refractivity contribution is 7.11. The Morgan fingerprint density at radius 3 is 2.61 bits per heavy atom. The molecule has 0 unspecified atom stereocenters. The molecule has 1 N–H and O–H groups in total. The molecule has 0 radical (unpaired) electrons. The molecule has 2 heterocycles. The van der Waals surface area contributed by atoms with Crippen molar-refractivity contribution in [3.63, 3.8) is 0 Å². The lowest BCUT2D eigenvalue weighted by Crippen LogP contribution is -2.43. The molecule has 0 spiro atoms. The number of hydrogen-bond donors (Lipinski definition) is 1. The molecule has 100 valence electrons. The van der Waals surface area contributed by atoms with Crippen molar-refractivity contribution in [1.29, 1.82) is 0 Å². The molecule has 0 atom stereocenters. The van der Waals surface area contributed by atoms with Crippen LogP contribution in [-0.2, 0) is 11.3 Å². The molecule has 18 heavy (non-hydrogen) atoms. The van der Waals surface area contributed by atoms with Gasteiger partial charge in [0.1, 0.15) is 0 Å². The third kappa shape index (κ3) is 3.29. The average molecular weight is 267 g/mol. The zero-order chi connectivity index (χ0) is 13.1. The lowest BCUT2D eigenvalue weighted by Gasteiger charge is -2.31. The summed E-state index contributed by atoms with van der Waals surface area (Å²) in [6, 6.07) is 0.530. The Morgan fingerprint density at radius 2 is 2.11 bits per heavy atom. The summed E-state index contributed by atoms with van der Waals surface area (Å²) < 4.78 is 0. The number of carbonyl (C=O) groups is 1. The summed E-state index contributed by atoms with van der Waals surface area (Å²) in [7, 11) is 0. The molecule has 1 saturated heterocycles. The van der Waals surface area contributed by atoms with E-state index in [1.54, 1.807) is 18.3 Å². The van der Waals surface area contributed by atoms with E-state index in [0.717, 1.165) is 43.2 Å². The number of hydrogen-bond acceptors (Lipinski definition) is 4. The minimum atomic E-state index is 0.197. The summed E-state index contributed by atoms with van der Waals surface area (Å²) in [6.07, 6.45) is 2.10. The third-order valence-electron chi connectivity index (χ3n) is 3.49. The quantitative estimate of drug-likeness (QED) is 0.909. The average Bonchev–Trinajstić information content (AvgIpc) is 2.66. The van der Waals surface area contributed by atoms with Crippen molar-refractivity contribution in [2.24, 2.45) is 0 Å². The van der Waals surface area contributed by atoms with Crippen molar-refractivity contribution < 1.29 is 4.79 Å². The standard InChI is InChI=1S/C13H21N3OS/c1-9-13(18-10(2)15-9)8-14-12-4-6-16(7-5-12)11(3)17/h12,14H,4-8H2,1-3H3. The van der Waals surface area contributed by atoms with Crippen molar-refractivity contribution >= 4 is 17.2 Å². The van der Waals surface area contributed by atoms with Gasteiger partial charge in [-0.2, -0.15) is 0 Å². The molecule has 1 aromatic heterocycles. The fraction of sp³-hybridized carbons (Fsp3) is 0.692. The van der Waals surface area contributed by atoms with Crippen LogP contribution in [0.1, 0.15) is 35.3 Å². The number of carbonyl (C=O) groups excluding carboxylic acids is 1. The number of rotatable bonds is 3. The SMILES string of the molecule is CC(=O)N1CCC(NCc2sc(C)nc2C)CC1. The summed E-state index contributed by atoms with van der Waals surface area (Å²) >= 11 is 1.77. The van der Waals surface area contributed by atoms with E-state index in [-0.39, 0.29) is 5.91 Å². The monoisotopic (exact) mass is 267 g/mol. The first kappa shape index (κ1) is 13.5. The van der Waals surface area contributed by atoms with Gasteiger partial charge in [-0.05, 0) is 26.7 Å².